The predicted molar refractivity (Wildman–Crippen MR) is 63.1 cm³/mol. The van der Waals surface area contributed by atoms with Gasteiger partial charge in [-0.3, -0.25) is 4.79 Å². The molecule has 0 aromatic heterocycles. The van der Waals surface area contributed by atoms with E-state index in [1.165, 1.54) is 18.2 Å². The molecule has 0 heterocycles. The summed E-state index contributed by atoms with van der Waals surface area (Å²) in [6.45, 7) is -0.457. The monoisotopic (exact) mass is 278 g/mol. The van der Waals surface area contributed by atoms with Crippen LogP contribution in [0, 0.1) is 0 Å². The predicted octanol–water partition coefficient (Wildman–Crippen LogP) is 0.374. The van der Waals surface area contributed by atoms with Crippen LogP contribution in [0.3, 0.4) is 0 Å². The highest BCUT2D eigenvalue weighted by Gasteiger charge is 2.18. The summed E-state index contributed by atoms with van der Waals surface area (Å²) in [5, 5.41) is 0.328. The SMILES string of the molecule is COC(=O)CNS(=O)(=O)c1ccc(Cl)cc1N. The van der Waals surface area contributed by atoms with Crippen molar-refractivity contribution in [3.05, 3.63) is 23.2 Å². The Labute approximate surface area is 104 Å². The first-order valence-corrected chi connectivity index (χ1v) is 6.34. The fourth-order valence-electron chi connectivity index (χ4n) is 1.07. The Bertz CT molecular complexity index is 530. The smallest absolute Gasteiger partial charge is 0.320 e. The molecular formula is C9H11ClN2O4S. The fourth-order valence-corrected chi connectivity index (χ4v) is 2.33. The van der Waals surface area contributed by atoms with Crippen LogP contribution in [0.25, 0.3) is 0 Å². The average molecular weight is 279 g/mol. The second-order valence-corrected chi connectivity index (χ2v) is 5.25. The van der Waals surface area contributed by atoms with Crippen molar-refractivity contribution in [2.45, 2.75) is 4.90 Å². The number of rotatable bonds is 4. The van der Waals surface area contributed by atoms with Crippen LogP contribution >= 0.6 is 11.6 Å². The standard InChI is InChI=1S/C9H11ClN2O4S/c1-16-9(13)5-12-17(14,15)8-3-2-6(10)4-7(8)11/h2-4,12H,5,11H2,1H3. The molecule has 0 spiro atoms. The van der Waals surface area contributed by atoms with Crippen LogP contribution in [0.5, 0.6) is 0 Å². The first-order chi connectivity index (χ1) is 7.86. The number of halogens is 1. The molecular weight excluding hydrogens is 268 g/mol. The second kappa shape index (κ2) is 5.35. The molecule has 94 valence electrons. The Morgan fingerprint density at radius 3 is 2.71 bits per heavy atom. The van der Waals surface area contributed by atoms with E-state index in [0.717, 1.165) is 7.11 Å². The third-order valence-corrected chi connectivity index (χ3v) is 3.61. The number of anilines is 1. The van der Waals surface area contributed by atoms with Crippen molar-refractivity contribution in [2.75, 3.05) is 19.4 Å². The van der Waals surface area contributed by atoms with E-state index in [1.54, 1.807) is 0 Å². The Morgan fingerprint density at radius 1 is 1.53 bits per heavy atom. The quantitative estimate of drug-likeness (QED) is 0.612. The van der Waals surface area contributed by atoms with Crippen molar-refractivity contribution in [1.82, 2.24) is 4.72 Å². The number of ether oxygens (including phenoxy) is 1. The minimum atomic E-state index is -3.85. The summed E-state index contributed by atoms with van der Waals surface area (Å²) >= 11 is 5.65. The van der Waals surface area contributed by atoms with Gasteiger partial charge in [0.15, 0.2) is 0 Å². The number of methoxy groups -OCH3 is 1. The van der Waals surface area contributed by atoms with Crippen molar-refractivity contribution in [2.24, 2.45) is 0 Å². The van der Waals surface area contributed by atoms with Gasteiger partial charge in [-0.05, 0) is 18.2 Å². The number of carbonyl (C=O) groups is 1. The van der Waals surface area contributed by atoms with Gasteiger partial charge in [-0.1, -0.05) is 11.6 Å². The first-order valence-electron chi connectivity index (χ1n) is 4.48. The van der Waals surface area contributed by atoms with Crippen LogP contribution in [0.4, 0.5) is 5.69 Å². The summed E-state index contributed by atoms with van der Waals surface area (Å²) < 4.78 is 29.9. The van der Waals surface area contributed by atoms with E-state index in [1.807, 2.05) is 0 Å². The zero-order valence-electron chi connectivity index (χ0n) is 8.94. The molecule has 0 bridgehead atoms. The van der Waals surface area contributed by atoms with E-state index < -0.39 is 22.5 Å². The lowest BCUT2D eigenvalue weighted by Crippen LogP contribution is -2.30. The molecule has 0 saturated carbocycles. The second-order valence-electron chi connectivity index (χ2n) is 3.08. The van der Waals surface area contributed by atoms with Crippen molar-refractivity contribution < 1.29 is 17.9 Å². The minimum absolute atomic E-state index is 0.00914. The van der Waals surface area contributed by atoms with Gasteiger partial charge < -0.3 is 10.5 Å². The van der Waals surface area contributed by atoms with Gasteiger partial charge in [-0.2, -0.15) is 4.72 Å². The zero-order chi connectivity index (χ0) is 13.1. The maximum absolute atomic E-state index is 11.7. The van der Waals surface area contributed by atoms with Crippen molar-refractivity contribution >= 4 is 33.3 Å². The Morgan fingerprint density at radius 2 is 2.18 bits per heavy atom. The van der Waals surface area contributed by atoms with E-state index in [2.05, 4.69) is 9.46 Å². The van der Waals surface area contributed by atoms with Crippen molar-refractivity contribution in [3.8, 4) is 0 Å². The van der Waals surface area contributed by atoms with Gasteiger partial charge in [0.2, 0.25) is 10.0 Å². The lowest BCUT2D eigenvalue weighted by Gasteiger charge is -2.08. The number of nitrogen functional groups attached to an aromatic ring is 1. The van der Waals surface area contributed by atoms with Crippen LogP contribution in [0.15, 0.2) is 23.1 Å². The van der Waals surface area contributed by atoms with Crippen LogP contribution in [-0.4, -0.2) is 28.0 Å². The molecule has 1 rings (SSSR count). The molecule has 0 radical (unpaired) electrons. The van der Waals surface area contributed by atoms with Gasteiger partial charge in [0.25, 0.3) is 0 Å². The molecule has 0 saturated heterocycles. The molecule has 8 heteroatoms. The number of sulfonamides is 1. The van der Waals surface area contributed by atoms with Crippen LogP contribution in [-0.2, 0) is 19.6 Å². The third-order valence-electron chi connectivity index (χ3n) is 1.90. The number of esters is 1. The van der Waals surface area contributed by atoms with Gasteiger partial charge >= 0.3 is 5.97 Å². The molecule has 0 unspecified atom stereocenters. The molecule has 1 aromatic carbocycles. The zero-order valence-corrected chi connectivity index (χ0v) is 10.5. The number of hydrogen-bond acceptors (Lipinski definition) is 5. The number of hydrogen-bond donors (Lipinski definition) is 2. The maximum Gasteiger partial charge on any atom is 0.320 e. The molecule has 0 aliphatic rings. The van der Waals surface area contributed by atoms with E-state index >= 15 is 0 Å². The number of benzene rings is 1. The van der Waals surface area contributed by atoms with E-state index in [9.17, 15) is 13.2 Å². The van der Waals surface area contributed by atoms with Gasteiger partial charge in [-0.25, -0.2) is 8.42 Å². The minimum Gasteiger partial charge on any atom is -0.468 e. The van der Waals surface area contributed by atoms with Crippen molar-refractivity contribution in [3.63, 3.8) is 0 Å². The topological polar surface area (TPSA) is 98.5 Å². The fraction of sp³-hybridized carbons (Fsp3) is 0.222. The molecule has 1 aromatic rings. The summed E-state index contributed by atoms with van der Waals surface area (Å²) in [6.07, 6.45) is 0. The first kappa shape index (κ1) is 13.8. The van der Waals surface area contributed by atoms with E-state index in [4.69, 9.17) is 17.3 Å². The van der Waals surface area contributed by atoms with Crippen LogP contribution in [0.1, 0.15) is 0 Å². The summed E-state index contributed by atoms with van der Waals surface area (Å²) in [5.74, 6) is -0.693. The summed E-state index contributed by atoms with van der Waals surface area (Å²) in [7, 11) is -2.69. The molecule has 3 N–H and O–H groups in total. The Balaban J connectivity index is 2.94. The normalized spacial score (nSPS) is 11.2. The van der Waals surface area contributed by atoms with Gasteiger partial charge in [-0.15, -0.1) is 0 Å². The summed E-state index contributed by atoms with van der Waals surface area (Å²) in [5.41, 5.74) is 5.54. The summed E-state index contributed by atoms with van der Waals surface area (Å²) in [4.78, 5) is 10.7. The van der Waals surface area contributed by atoms with Gasteiger partial charge in [0.05, 0.1) is 12.8 Å². The van der Waals surface area contributed by atoms with Crippen molar-refractivity contribution in [1.29, 1.82) is 0 Å². The highest BCUT2D eigenvalue weighted by molar-refractivity contribution is 7.89. The Hall–Kier alpha value is -1.31. The largest absolute Gasteiger partial charge is 0.468 e. The summed E-state index contributed by atoms with van der Waals surface area (Å²) in [6, 6.07) is 3.97. The Kier molecular flexibility index (Phi) is 4.33. The number of nitrogens with two attached hydrogens (primary N) is 1. The molecule has 0 amide bonds. The van der Waals surface area contributed by atoms with Crippen LogP contribution < -0.4 is 10.5 Å². The number of carbonyl (C=O) groups excluding carboxylic acids is 1. The molecule has 0 fully saturated rings. The van der Waals surface area contributed by atoms with Gasteiger partial charge in [0, 0.05) is 5.02 Å². The molecule has 0 atom stereocenters. The van der Waals surface area contributed by atoms with Gasteiger partial charge in [0.1, 0.15) is 11.4 Å². The van der Waals surface area contributed by atoms with E-state index in [-0.39, 0.29) is 10.6 Å². The highest BCUT2D eigenvalue weighted by Crippen LogP contribution is 2.21. The maximum atomic E-state index is 11.7. The highest BCUT2D eigenvalue weighted by atomic mass is 35.5. The molecule has 17 heavy (non-hydrogen) atoms. The lowest BCUT2D eigenvalue weighted by molar-refractivity contribution is -0.139. The molecule has 6 nitrogen and oxygen atoms in total. The lowest BCUT2D eigenvalue weighted by atomic mass is 10.3. The average Bonchev–Trinajstić information content (AvgIpc) is 2.25. The molecule has 0 aliphatic carbocycles. The molecule has 0 aliphatic heterocycles. The van der Waals surface area contributed by atoms with Crippen LogP contribution in [0.2, 0.25) is 5.02 Å². The number of nitrogens with one attached hydrogen (secondary N) is 1. The van der Waals surface area contributed by atoms with E-state index in [0.29, 0.717) is 5.02 Å². The third kappa shape index (κ3) is 3.58.